The van der Waals surface area contributed by atoms with Crippen LogP contribution in [0.4, 0.5) is 0 Å². The molecule has 0 aliphatic heterocycles. The van der Waals surface area contributed by atoms with Crippen molar-refractivity contribution < 1.29 is 4.79 Å². The minimum Gasteiger partial charge on any atom is -0.295 e. The van der Waals surface area contributed by atoms with Crippen molar-refractivity contribution in [2.45, 2.75) is 33.6 Å². The van der Waals surface area contributed by atoms with Gasteiger partial charge in [0.1, 0.15) is 0 Å². The average Bonchev–Trinajstić information content (AvgIpc) is 2.24. The van der Waals surface area contributed by atoms with Crippen LogP contribution in [0.3, 0.4) is 0 Å². The summed E-state index contributed by atoms with van der Waals surface area (Å²) in [6, 6.07) is 0. The van der Waals surface area contributed by atoms with Crippen molar-refractivity contribution in [2.75, 3.05) is 0 Å². The van der Waals surface area contributed by atoms with E-state index in [2.05, 4.69) is 13.8 Å². The highest BCUT2D eigenvalue weighted by molar-refractivity contribution is 5.98. The van der Waals surface area contributed by atoms with Crippen LogP contribution in [0, 0.1) is 11.8 Å². The molecule has 1 heteroatoms. The van der Waals surface area contributed by atoms with Crippen molar-refractivity contribution in [3.63, 3.8) is 0 Å². The van der Waals surface area contributed by atoms with Gasteiger partial charge in [-0.2, -0.15) is 0 Å². The Morgan fingerprint density at radius 1 is 1.64 bits per heavy atom. The van der Waals surface area contributed by atoms with Crippen LogP contribution in [-0.4, -0.2) is 5.78 Å². The number of hydrogen-bond donors (Lipinski definition) is 0. The molecule has 62 valence electrons. The fraction of sp³-hybridized carbons (Fsp3) is 0.700. The molecular weight excluding hydrogens is 136 g/mol. The van der Waals surface area contributed by atoms with Gasteiger partial charge < -0.3 is 0 Å². The van der Waals surface area contributed by atoms with Gasteiger partial charge in [-0.05, 0) is 30.8 Å². The zero-order valence-corrected chi connectivity index (χ0v) is 7.55. The average molecular weight is 152 g/mol. The smallest absolute Gasteiger partial charge is 0.159 e. The zero-order valence-electron chi connectivity index (χ0n) is 7.55. The van der Waals surface area contributed by atoms with E-state index in [1.165, 1.54) is 0 Å². The van der Waals surface area contributed by atoms with Crippen molar-refractivity contribution in [1.29, 1.82) is 0 Å². The summed E-state index contributed by atoms with van der Waals surface area (Å²) in [6.07, 6.45) is 3.85. The van der Waals surface area contributed by atoms with Gasteiger partial charge in [-0.15, -0.1) is 0 Å². The Bertz CT molecular complexity index is 191. The van der Waals surface area contributed by atoms with E-state index in [4.69, 9.17) is 0 Å². The molecule has 1 aliphatic rings. The molecule has 0 aromatic carbocycles. The Morgan fingerprint density at radius 2 is 2.27 bits per heavy atom. The van der Waals surface area contributed by atoms with Gasteiger partial charge in [0.05, 0.1) is 0 Å². The lowest BCUT2D eigenvalue weighted by Crippen LogP contribution is -2.04. The molecule has 11 heavy (non-hydrogen) atoms. The Morgan fingerprint density at radius 3 is 2.64 bits per heavy atom. The molecule has 2 atom stereocenters. The Balaban J connectivity index is 2.84. The maximum atomic E-state index is 11.3. The number of allylic oxidation sites excluding steroid dienone is 2. The Hall–Kier alpha value is -0.590. The molecule has 0 spiro atoms. The van der Waals surface area contributed by atoms with E-state index in [9.17, 15) is 4.79 Å². The molecule has 1 rings (SSSR count). The number of carbonyl (C=O) groups is 1. The maximum absolute atomic E-state index is 11.3. The number of ketones is 1. The van der Waals surface area contributed by atoms with Crippen LogP contribution < -0.4 is 0 Å². The predicted molar refractivity (Wildman–Crippen MR) is 46.3 cm³/mol. The lowest BCUT2D eigenvalue weighted by atomic mass is 9.92. The molecule has 0 aromatic rings. The molecule has 1 saturated carbocycles. The Labute approximate surface area is 68.5 Å². The fourth-order valence-corrected chi connectivity index (χ4v) is 2.06. The van der Waals surface area contributed by atoms with E-state index in [0.717, 1.165) is 18.4 Å². The third-order valence-corrected chi connectivity index (χ3v) is 2.67. The molecule has 0 radical (unpaired) electrons. The molecular formula is C10H16O. The quantitative estimate of drug-likeness (QED) is 0.528. The van der Waals surface area contributed by atoms with Gasteiger partial charge in [-0.25, -0.2) is 0 Å². The van der Waals surface area contributed by atoms with Crippen molar-refractivity contribution in [2.24, 2.45) is 11.8 Å². The third kappa shape index (κ3) is 1.37. The summed E-state index contributed by atoms with van der Waals surface area (Å²) >= 11 is 0. The second-order valence-corrected chi connectivity index (χ2v) is 3.36. The monoisotopic (exact) mass is 152 g/mol. The SMILES string of the molecule is C/C=C1/C(=O)CC(C)C1CC. The van der Waals surface area contributed by atoms with Crippen LogP contribution in [0.15, 0.2) is 11.6 Å². The lowest BCUT2D eigenvalue weighted by molar-refractivity contribution is -0.114. The van der Waals surface area contributed by atoms with Crippen LogP contribution >= 0.6 is 0 Å². The van der Waals surface area contributed by atoms with E-state index < -0.39 is 0 Å². The largest absolute Gasteiger partial charge is 0.295 e. The Kier molecular flexibility index (Phi) is 2.48. The summed E-state index contributed by atoms with van der Waals surface area (Å²) in [5.74, 6) is 1.47. The van der Waals surface area contributed by atoms with Gasteiger partial charge in [-0.3, -0.25) is 4.79 Å². The lowest BCUT2D eigenvalue weighted by Gasteiger charge is -2.11. The topological polar surface area (TPSA) is 17.1 Å². The molecule has 1 fully saturated rings. The van der Waals surface area contributed by atoms with Gasteiger partial charge in [0, 0.05) is 6.42 Å². The summed E-state index contributed by atoms with van der Waals surface area (Å²) in [6.45, 7) is 6.29. The highest BCUT2D eigenvalue weighted by Crippen LogP contribution is 2.35. The van der Waals surface area contributed by atoms with Crippen LogP contribution in [0.2, 0.25) is 0 Å². The van der Waals surface area contributed by atoms with Crippen molar-refractivity contribution in [3.05, 3.63) is 11.6 Å². The molecule has 0 aromatic heterocycles. The van der Waals surface area contributed by atoms with Crippen molar-refractivity contribution in [3.8, 4) is 0 Å². The maximum Gasteiger partial charge on any atom is 0.159 e. The molecule has 0 heterocycles. The van der Waals surface area contributed by atoms with Crippen LogP contribution in [0.5, 0.6) is 0 Å². The number of hydrogen-bond acceptors (Lipinski definition) is 1. The molecule has 0 amide bonds. The minimum atomic E-state index is 0.367. The molecule has 0 N–H and O–H groups in total. The number of rotatable bonds is 1. The summed E-state index contributed by atoms with van der Waals surface area (Å²) in [5.41, 5.74) is 1.07. The predicted octanol–water partition coefficient (Wildman–Crippen LogP) is 2.57. The summed E-state index contributed by atoms with van der Waals surface area (Å²) in [7, 11) is 0. The first-order valence-electron chi connectivity index (χ1n) is 4.40. The van der Waals surface area contributed by atoms with E-state index in [1.54, 1.807) is 0 Å². The second-order valence-electron chi connectivity index (χ2n) is 3.36. The fourth-order valence-electron chi connectivity index (χ4n) is 2.06. The summed E-state index contributed by atoms with van der Waals surface area (Å²) in [4.78, 5) is 11.3. The van der Waals surface area contributed by atoms with E-state index in [0.29, 0.717) is 17.6 Å². The number of Topliss-reactive ketones (excluding diaryl/α,β-unsaturated/α-hetero) is 1. The molecule has 1 nitrogen and oxygen atoms in total. The number of carbonyl (C=O) groups excluding carboxylic acids is 1. The van der Waals surface area contributed by atoms with Crippen molar-refractivity contribution >= 4 is 5.78 Å². The molecule has 2 unspecified atom stereocenters. The molecule has 1 aliphatic carbocycles. The van der Waals surface area contributed by atoms with Crippen LogP contribution in [0.25, 0.3) is 0 Å². The highest BCUT2D eigenvalue weighted by Gasteiger charge is 2.32. The first kappa shape index (κ1) is 8.51. The van der Waals surface area contributed by atoms with Gasteiger partial charge in [0.2, 0.25) is 0 Å². The normalized spacial score (nSPS) is 35.2. The summed E-state index contributed by atoms with van der Waals surface area (Å²) < 4.78 is 0. The van der Waals surface area contributed by atoms with Crippen molar-refractivity contribution in [1.82, 2.24) is 0 Å². The molecule has 0 bridgehead atoms. The standard InChI is InChI=1S/C10H16O/c1-4-8-7(3)6-10(11)9(8)5-2/h5,7-8H,4,6H2,1-3H3/b9-5+. The highest BCUT2D eigenvalue weighted by atomic mass is 16.1. The first-order chi connectivity index (χ1) is 5.20. The van der Waals surface area contributed by atoms with Gasteiger partial charge in [-0.1, -0.05) is 19.9 Å². The zero-order chi connectivity index (χ0) is 8.43. The van der Waals surface area contributed by atoms with E-state index >= 15 is 0 Å². The summed E-state index contributed by atoms with van der Waals surface area (Å²) in [5, 5.41) is 0. The van der Waals surface area contributed by atoms with Crippen LogP contribution in [0.1, 0.15) is 33.6 Å². The van der Waals surface area contributed by atoms with E-state index in [1.807, 2.05) is 13.0 Å². The minimum absolute atomic E-state index is 0.367. The third-order valence-electron chi connectivity index (χ3n) is 2.67. The molecule has 0 saturated heterocycles. The van der Waals surface area contributed by atoms with Gasteiger partial charge in [0.15, 0.2) is 5.78 Å². The van der Waals surface area contributed by atoms with Gasteiger partial charge in [0.25, 0.3) is 0 Å². The first-order valence-corrected chi connectivity index (χ1v) is 4.40. The van der Waals surface area contributed by atoms with E-state index in [-0.39, 0.29) is 0 Å². The van der Waals surface area contributed by atoms with Gasteiger partial charge >= 0.3 is 0 Å². The second kappa shape index (κ2) is 3.21. The van der Waals surface area contributed by atoms with Crippen LogP contribution in [-0.2, 0) is 4.79 Å².